The van der Waals surface area contributed by atoms with Crippen molar-refractivity contribution < 1.29 is 21.7 Å². The number of hydrogen-bond donors (Lipinski definition) is 1. The molecule has 0 amide bonds. The van der Waals surface area contributed by atoms with Crippen molar-refractivity contribution in [2.75, 3.05) is 33.0 Å². The van der Waals surface area contributed by atoms with Gasteiger partial charge in [0.2, 0.25) is 0 Å². The predicted octanol–water partition coefficient (Wildman–Crippen LogP) is 7.41. The van der Waals surface area contributed by atoms with Gasteiger partial charge in [0.25, 0.3) is 0 Å². The Bertz CT molecular complexity index is 1390. The molecule has 0 atom stereocenters. The minimum atomic E-state index is -2.60. The van der Waals surface area contributed by atoms with E-state index < -0.39 is 17.0 Å². The fraction of sp³-hybridized carbons (Fsp3) is 0.231. The summed E-state index contributed by atoms with van der Waals surface area (Å²) in [6, 6.07) is 25.8. The lowest BCUT2D eigenvalue weighted by molar-refractivity contribution is 0.123. The first-order valence-electron chi connectivity index (χ1n) is 11.3. The average molecular weight is 494 g/mol. The van der Waals surface area contributed by atoms with Crippen LogP contribution in [0.25, 0.3) is 43.5 Å². The molecule has 34 heavy (non-hydrogen) atoms. The summed E-state index contributed by atoms with van der Waals surface area (Å²) in [4.78, 5) is 0. The molecule has 1 N–H and O–H groups in total. The molecule has 6 nitrogen and oxygen atoms in total. The van der Waals surface area contributed by atoms with Gasteiger partial charge < -0.3 is 21.7 Å². The van der Waals surface area contributed by atoms with Crippen molar-refractivity contribution in [1.29, 1.82) is 0 Å². The van der Waals surface area contributed by atoms with E-state index in [1.165, 1.54) is 10.8 Å². The molecule has 8 heteroatoms. The van der Waals surface area contributed by atoms with E-state index in [1.807, 2.05) is 12.1 Å². The minimum Gasteiger partial charge on any atom is -0.408 e. The number of nitrogens with one attached hydrogen (secondary N) is 1. The first-order valence-corrected chi connectivity index (χ1v) is 14.4. The third-order valence-corrected chi connectivity index (χ3v) is 10.3. The highest BCUT2D eigenvalue weighted by molar-refractivity contribution is 7.38. The summed E-state index contributed by atoms with van der Waals surface area (Å²) in [5.74, 6) is 0. The minimum absolute atomic E-state index is 0.683. The number of benzene rings is 4. The molecule has 0 fully saturated rings. The second kappa shape index (κ2) is 9.92. The van der Waals surface area contributed by atoms with Crippen LogP contribution >= 0.6 is 8.16 Å². The van der Waals surface area contributed by atoms with E-state index in [2.05, 4.69) is 65.8 Å². The van der Waals surface area contributed by atoms with E-state index in [0.29, 0.717) is 12.6 Å². The van der Waals surface area contributed by atoms with Crippen LogP contribution < -0.4 is 5.09 Å². The fourth-order valence-corrected chi connectivity index (χ4v) is 7.36. The van der Waals surface area contributed by atoms with Gasteiger partial charge in [-0.2, -0.15) is 0 Å². The van der Waals surface area contributed by atoms with Crippen molar-refractivity contribution in [3.8, 4) is 0 Å². The topological polar surface area (TPSA) is 66.0 Å². The zero-order valence-electron chi connectivity index (χ0n) is 19.5. The molecule has 0 saturated heterocycles. The van der Waals surface area contributed by atoms with E-state index in [-0.39, 0.29) is 0 Å². The zero-order chi connectivity index (χ0) is 23.5. The zero-order valence-corrected chi connectivity index (χ0v) is 21.4. The van der Waals surface area contributed by atoms with Gasteiger partial charge in [0.1, 0.15) is 11.2 Å². The van der Waals surface area contributed by atoms with Gasteiger partial charge in [-0.25, -0.2) is 5.09 Å². The maximum Gasteiger partial charge on any atom is 0.500 e. The summed E-state index contributed by atoms with van der Waals surface area (Å²) in [6.45, 7) is 0.683. The molecule has 0 spiro atoms. The van der Waals surface area contributed by atoms with Crippen molar-refractivity contribution >= 4 is 60.5 Å². The molecule has 4 aromatic carbocycles. The van der Waals surface area contributed by atoms with Crippen LogP contribution in [0.1, 0.15) is 6.42 Å². The summed E-state index contributed by atoms with van der Waals surface area (Å²) in [7, 11) is 0.902. The Morgan fingerprint density at radius 3 is 1.71 bits per heavy atom. The van der Waals surface area contributed by atoms with Gasteiger partial charge in [0.15, 0.2) is 0 Å². The second-order valence-electron chi connectivity index (χ2n) is 8.07. The molecule has 1 heterocycles. The summed E-state index contributed by atoms with van der Waals surface area (Å²) < 4.78 is 29.5. The van der Waals surface area contributed by atoms with Gasteiger partial charge in [0, 0.05) is 44.7 Å². The molecule has 0 radical (unpaired) electrons. The molecule has 0 aliphatic rings. The van der Waals surface area contributed by atoms with E-state index in [4.69, 9.17) is 21.7 Å². The molecule has 1 aromatic heterocycles. The van der Waals surface area contributed by atoms with Gasteiger partial charge in [0.05, 0.1) is 0 Å². The van der Waals surface area contributed by atoms with Crippen LogP contribution in [0.4, 0.5) is 0 Å². The van der Waals surface area contributed by atoms with Crippen LogP contribution in [0.15, 0.2) is 81.2 Å². The molecule has 0 bridgehead atoms. The van der Waals surface area contributed by atoms with Crippen molar-refractivity contribution in [2.45, 2.75) is 12.5 Å². The van der Waals surface area contributed by atoms with Gasteiger partial charge in [-0.3, -0.25) is 0 Å². The summed E-state index contributed by atoms with van der Waals surface area (Å²) in [5, 5.41) is 10.2. The maximum atomic E-state index is 6.46. The third-order valence-electron chi connectivity index (χ3n) is 6.23. The van der Waals surface area contributed by atoms with Crippen LogP contribution in [0.5, 0.6) is 0 Å². The molecular weight excluding hydrogens is 465 g/mol. The molecule has 0 aliphatic heterocycles. The van der Waals surface area contributed by atoms with E-state index in [9.17, 15) is 0 Å². The van der Waals surface area contributed by atoms with Crippen molar-refractivity contribution in [3.05, 3.63) is 72.8 Å². The predicted molar refractivity (Wildman–Crippen MR) is 142 cm³/mol. The first-order chi connectivity index (χ1) is 16.7. The number of hydrogen-bond acceptors (Lipinski definition) is 6. The Morgan fingerprint density at radius 2 is 1.21 bits per heavy atom. The largest absolute Gasteiger partial charge is 0.500 e. The molecule has 0 saturated carbocycles. The Kier molecular flexibility index (Phi) is 6.74. The van der Waals surface area contributed by atoms with Crippen molar-refractivity contribution in [2.24, 2.45) is 0 Å². The second-order valence-corrected chi connectivity index (χ2v) is 12.4. The SMILES string of the molecule is CO[Si](CCCNp1oc2ccc3ccccc3c2c2c(ccc3ccccc32)o1)(OC)OC. The van der Waals surface area contributed by atoms with Gasteiger partial charge in [-0.05, 0) is 40.1 Å². The maximum absolute atomic E-state index is 6.46. The first kappa shape index (κ1) is 23.1. The smallest absolute Gasteiger partial charge is 0.408 e. The molecule has 176 valence electrons. The monoisotopic (exact) mass is 493 g/mol. The van der Waals surface area contributed by atoms with Gasteiger partial charge in [-0.15, -0.1) is 0 Å². The van der Waals surface area contributed by atoms with Crippen LogP contribution in [-0.2, 0) is 13.3 Å². The molecular formula is C26H28NO5PSi. The average Bonchev–Trinajstić information content (AvgIpc) is 3.06. The highest BCUT2D eigenvalue weighted by Crippen LogP contribution is 2.40. The number of rotatable bonds is 8. The Labute approximate surface area is 200 Å². The Balaban J connectivity index is 1.64. The standard InChI is InChI=1S/C26H28NO5PSi/c1-28-34(29-2,30-3)18-8-17-27-33-31-23-15-13-19-9-4-6-11-21(19)25(23)26-22-12-7-5-10-20(22)14-16-24(26)32-33/h4-7,9-16,27H,8,17-18H2,1-3H3. The Hall–Kier alpha value is -2.64. The molecule has 5 rings (SSSR count). The van der Waals surface area contributed by atoms with Crippen LogP contribution in [0, 0.1) is 0 Å². The lowest BCUT2D eigenvalue weighted by Gasteiger charge is -2.24. The highest BCUT2D eigenvalue weighted by Gasteiger charge is 2.36. The molecule has 0 unspecified atom stereocenters. The number of fused-ring (bicyclic) bond motifs is 7. The van der Waals surface area contributed by atoms with Crippen molar-refractivity contribution in [1.82, 2.24) is 0 Å². The van der Waals surface area contributed by atoms with Gasteiger partial charge in [-0.1, -0.05) is 60.7 Å². The lowest BCUT2D eigenvalue weighted by Crippen LogP contribution is -2.42. The third kappa shape index (κ3) is 4.27. The van der Waals surface area contributed by atoms with Gasteiger partial charge >= 0.3 is 17.0 Å². The summed E-state index contributed by atoms with van der Waals surface area (Å²) in [6.07, 6.45) is 0.808. The lowest BCUT2D eigenvalue weighted by atomic mass is 9.99. The fourth-order valence-electron chi connectivity index (χ4n) is 4.46. The van der Waals surface area contributed by atoms with Crippen LogP contribution in [0.2, 0.25) is 6.04 Å². The van der Waals surface area contributed by atoms with E-state index >= 15 is 0 Å². The normalized spacial score (nSPS) is 12.2. The Morgan fingerprint density at radius 1 is 0.706 bits per heavy atom. The van der Waals surface area contributed by atoms with Crippen LogP contribution in [-0.4, -0.2) is 36.7 Å². The quantitative estimate of drug-likeness (QED) is 0.179. The summed E-state index contributed by atoms with van der Waals surface area (Å²) in [5.41, 5.74) is 1.64. The summed E-state index contributed by atoms with van der Waals surface area (Å²) >= 11 is 0. The van der Waals surface area contributed by atoms with E-state index in [1.54, 1.807) is 21.3 Å². The van der Waals surface area contributed by atoms with Crippen molar-refractivity contribution in [3.63, 3.8) is 0 Å². The molecule has 0 aliphatic carbocycles. The van der Waals surface area contributed by atoms with Crippen LogP contribution in [0.3, 0.4) is 0 Å². The molecule has 5 aromatic rings. The van der Waals surface area contributed by atoms with E-state index in [0.717, 1.165) is 39.1 Å². The highest BCUT2D eigenvalue weighted by atomic mass is 31.1.